The first kappa shape index (κ1) is 18.6. The molecule has 0 fully saturated rings. The average molecular weight is 416 g/mol. The zero-order chi connectivity index (χ0) is 21.5. The molecule has 5 rings (SSSR count). The molecule has 0 radical (unpaired) electrons. The Bertz CT molecular complexity index is 1270. The predicted molar refractivity (Wildman–Crippen MR) is 107 cm³/mol. The molecule has 0 amide bonds. The number of methoxy groups -OCH3 is 1. The number of nitrogens with one attached hydrogen (secondary N) is 1. The molecular weight excluding hydrogens is 400 g/mol. The average Bonchev–Trinajstić information content (AvgIpc) is 3.43. The molecule has 0 aliphatic carbocycles. The summed E-state index contributed by atoms with van der Waals surface area (Å²) in [4.78, 5) is 11.8. The summed E-state index contributed by atoms with van der Waals surface area (Å²) in [6, 6.07) is 14.5. The minimum absolute atomic E-state index is 0.0132. The van der Waals surface area contributed by atoms with Gasteiger partial charge in [0.1, 0.15) is 11.6 Å². The fourth-order valence-electron chi connectivity index (χ4n) is 3.78. The summed E-state index contributed by atoms with van der Waals surface area (Å²) in [5.41, 5.74) is 9.54. The lowest BCUT2D eigenvalue weighted by Crippen LogP contribution is -2.21. The van der Waals surface area contributed by atoms with Crippen LogP contribution in [0.25, 0.3) is 11.3 Å². The van der Waals surface area contributed by atoms with E-state index in [9.17, 15) is 10.1 Å². The number of aromatic nitrogens is 2. The van der Waals surface area contributed by atoms with E-state index < -0.39 is 11.9 Å². The molecule has 9 heteroatoms. The highest BCUT2D eigenvalue weighted by molar-refractivity contribution is 5.89. The highest BCUT2D eigenvalue weighted by atomic mass is 16.7. The van der Waals surface area contributed by atoms with Crippen molar-refractivity contribution in [1.82, 2.24) is 10.2 Å². The molecule has 2 aliphatic heterocycles. The molecule has 3 aromatic rings. The Morgan fingerprint density at radius 2 is 2.00 bits per heavy atom. The van der Waals surface area contributed by atoms with E-state index in [0.29, 0.717) is 28.3 Å². The van der Waals surface area contributed by atoms with Gasteiger partial charge in [-0.2, -0.15) is 5.26 Å². The van der Waals surface area contributed by atoms with Crippen LogP contribution in [0.2, 0.25) is 0 Å². The number of esters is 1. The zero-order valence-electron chi connectivity index (χ0n) is 16.3. The first-order chi connectivity index (χ1) is 15.1. The van der Waals surface area contributed by atoms with Gasteiger partial charge in [-0.3, -0.25) is 5.10 Å². The number of nitrogens with zero attached hydrogens (tertiary/aromatic N) is 2. The van der Waals surface area contributed by atoms with E-state index in [1.54, 1.807) is 24.3 Å². The number of hydrogen-bond acceptors (Lipinski definition) is 8. The Kier molecular flexibility index (Phi) is 4.26. The molecule has 1 aromatic heterocycles. The van der Waals surface area contributed by atoms with Crippen LogP contribution in [0.4, 0.5) is 0 Å². The highest BCUT2D eigenvalue weighted by Crippen LogP contribution is 2.46. The maximum atomic E-state index is 11.8. The number of benzene rings is 2. The first-order valence-corrected chi connectivity index (χ1v) is 9.35. The Morgan fingerprint density at radius 1 is 1.23 bits per heavy atom. The highest BCUT2D eigenvalue weighted by Gasteiger charge is 2.36. The third-order valence-corrected chi connectivity index (χ3v) is 5.27. The lowest BCUT2D eigenvalue weighted by atomic mass is 9.82. The van der Waals surface area contributed by atoms with Gasteiger partial charge < -0.3 is 24.7 Å². The summed E-state index contributed by atoms with van der Waals surface area (Å²) in [6.07, 6.45) is 0. The van der Waals surface area contributed by atoms with Crippen molar-refractivity contribution in [3.63, 3.8) is 0 Å². The largest absolute Gasteiger partial charge is 0.465 e. The van der Waals surface area contributed by atoms with Gasteiger partial charge in [0.2, 0.25) is 18.6 Å². The Balaban J connectivity index is 1.65. The SMILES string of the molecule is COC(=O)c1ccc([C@@H]2C(C#N)=C(N)Oc3n[nH]c(-c4ccc5c(c4)OCO5)c32)cc1. The molecule has 3 heterocycles. The molecule has 1 atom stereocenters. The second-order valence-electron chi connectivity index (χ2n) is 6.92. The number of nitrogens with two attached hydrogens (primary N) is 1. The van der Waals surface area contributed by atoms with Crippen LogP contribution in [0.5, 0.6) is 17.4 Å². The van der Waals surface area contributed by atoms with Gasteiger partial charge >= 0.3 is 5.97 Å². The van der Waals surface area contributed by atoms with Gasteiger partial charge in [0, 0.05) is 5.56 Å². The minimum Gasteiger partial charge on any atom is -0.465 e. The molecule has 0 unspecified atom stereocenters. The van der Waals surface area contributed by atoms with E-state index in [1.165, 1.54) is 7.11 Å². The van der Waals surface area contributed by atoms with Crippen LogP contribution in [0.1, 0.15) is 27.4 Å². The summed E-state index contributed by atoms with van der Waals surface area (Å²) in [7, 11) is 1.32. The predicted octanol–water partition coefficient (Wildman–Crippen LogP) is 2.81. The molecule has 9 nitrogen and oxygen atoms in total. The van der Waals surface area contributed by atoms with Crippen LogP contribution in [0.15, 0.2) is 53.9 Å². The van der Waals surface area contributed by atoms with Crippen molar-refractivity contribution in [3.05, 3.63) is 70.6 Å². The summed E-state index contributed by atoms with van der Waals surface area (Å²) in [5.74, 6) is 0.558. The van der Waals surface area contributed by atoms with Crippen molar-refractivity contribution in [3.8, 4) is 34.7 Å². The van der Waals surface area contributed by atoms with Gasteiger partial charge in [-0.25, -0.2) is 4.79 Å². The summed E-state index contributed by atoms with van der Waals surface area (Å²) >= 11 is 0. The molecule has 154 valence electrons. The number of fused-ring (bicyclic) bond motifs is 2. The number of nitriles is 1. The van der Waals surface area contributed by atoms with Crippen molar-refractivity contribution < 1.29 is 23.7 Å². The Labute approximate surface area is 176 Å². The summed E-state index contributed by atoms with van der Waals surface area (Å²) in [6.45, 7) is 0.163. The van der Waals surface area contributed by atoms with Gasteiger partial charge in [-0.05, 0) is 35.9 Å². The topological polar surface area (TPSA) is 132 Å². The van der Waals surface area contributed by atoms with Crippen molar-refractivity contribution >= 4 is 5.97 Å². The molecular formula is C22H16N4O5. The monoisotopic (exact) mass is 416 g/mol. The van der Waals surface area contributed by atoms with E-state index in [1.807, 2.05) is 18.2 Å². The number of carbonyl (C=O) groups is 1. The molecule has 3 N–H and O–H groups in total. The smallest absolute Gasteiger partial charge is 0.337 e. The van der Waals surface area contributed by atoms with Gasteiger partial charge in [-0.15, -0.1) is 5.10 Å². The number of hydrogen-bond donors (Lipinski definition) is 2. The van der Waals surface area contributed by atoms with E-state index in [0.717, 1.165) is 11.1 Å². The van der Waals surface area contributed by atoms with Crippen molar-refractivity contribution in [2.24, 2.45) is 5.73 Å². The van der Waals surface area contributed by atoms with Gasteiger partial charge in [-0.1, -0.05) is 12.1 Å². The number of carbonyl (C=O) groups excluding carboxylic acids is 1. The Hall–Kier alpha value is -4.45. The third kappa shape index (κ3) is 2.93. The number of ether oxygens (including phenoxy) is 4. The van der Waals surface area contributed by atoms with Crippen molar-refractivity contribution in [2.75, 3.05) is 13.9 Å². The van der Waals surface area contributed by atoms with Crippen LogP contribution in [-0.4, -0.2) is 30.1 Å². The fraction of sp³-hybridized carbons (Fsp3) is 0.136. The maximum absolute atomic E-state index is 11.8. The number of aromatic amines is 1. The quantitative estimate of drug-likeness (QED) is 0.623. The first-order valence-electron chi connectivity index (χ1n) is 9.35. The number of H-pyrrole nitrogens is 1. The maximum Gasteiger partial charge on any atom is 0.337 e. The zero-order valence-corrected chi connectivity index (χ0v) is 16.3. The lowest BCUT2D eigenvalue weighted by Gasteiger charge is -2.24. The number of allylic oxidation sites excluding steroid dienone is 1. The molecule has 2 aliphatic rings. The summed E-state index contributed by atoms with van der Waals surface area (Å²) < 4.78 is 21.3. The van der Waals surface area contributed by atoms with Crippen LogP contribution in [0, 0.1) is 11.3 Å². The molecule has 31 heavy (non-hydrogen) atoms. The normalized spacial score (nSPS) is 16.3. The van der Waals surface area contributed by atoms with Gasteiger partial charge in [0.05, 0.1) is 29.8 Å². The number of rotatable bonds is 3. The molecule has 0 bridgehead atoms. The third-order valence-electron chi connectivity index (χ3n) is 5.27. The Morgan fingerprint density at radius 3 is 2.74 bits per heavy atom. The lowest BCUT2D eigenvalue weighted by molar-refractivity contribution is 0.0600. The van der Waals surface area contributed by atoms with Gasteiger partial charge in [0.15, 0.2) is 11.5 Å². The van der Waals surface area contributed by atoms with E-state index in [2.05, 4.69) is 16.3 Å². The summed E-state index contributed by atoms with van der Waals surface area (Å²) in [5, 5.41) is 17.1. The van der Waals surface area contributed by atoms with E-state index in [4.69, 9.17) is 24.7 Å². The van der Waals surface area contributed by atoms with Crippen molar-refractivity contribution in [1.29, 1.82) is 5.26 Å². The standard InChI is InChI=1S/C22H16N4O5/c1-28-22(27)12-4-2-11(3-5-12)17-14(9-23)20(24)31-21-18(17)19(25-26-21)13-6-7-15-16(8-13)30-10-29-15/h2-8,17H,10,24H2,1H3,(H,25,26)/t17-/m1/s1. The van der Waals surface area contributed by atoms with Crippen LogP contribution < -0.4 is 19.9 Å². The molecule has 2 aromatic carbocycles. The van der Waals surface area contributed by atoms with Crippen LogP contribution >= 0.6 is 0 Å². The van der Waals surface area contributed by atoms with E-state index >= 15 is 0 Å². The van der Waals surface area contributed by atoms with Crippen molar-refractivity contribution in [2.45, 2.75) is 5.92 Å². The molecule has 0 spiro atoms. The van der Waals surface area contributed by atoms with Crippen LogP contribution in [-0.2, 0) is 4.74 Å². The van der Waals surface area contributed by atoms with Gasteiger partial charge in [0.25, 0.3) is 0 Å². The second-order valence-corrected chi connectivity index (χ2v) is 6.92. The second kappa shape index (κ2) is 7.11. The van der Waals surface area contributed by atoms with Crippen LogP contribution in [0.3, 0.4) is 0 Å². The molecule has 0 saturated carbocycles. The van der Waals surface area contributed by atoms with E-state index in [-0.39, 0.29) is 24.1 Å². The fourth-order valence-corrected chi connectivity index (χ4v) is 3.78. The minimum atomic E-state index is -0.542. The molecule has 0 saturated heterocycles.